The van der Waals surface area contributed by atoms with Crippen LogP contribution in [0.2, 0.25) is 0 Å². The predicted molar refractivity (Wildman–Crippen MR) is 94.5 cm³/mol. The minimum atomic E-state index is -0.405. The van der Waals surface area contributed by atoms with Crippen LogP contribution in [-0.4, -0.2) is 47.9 Å². The second-order valence-corrected chi connectivity index (χ2v) is 7.46. The van der Waals surface area contributed by atoms with Crippen molar-refractivity contribution >= 4 is 5.91 Å². The van der Waals surface area contributed by atoms with Gasteiger partial charge in [-0.3, -0.25) is 4.79 Å². The van der Waals surface area contributed by atoms with Crippen LogP contribution >= 0.6 is 0 Å². The van der Waals surface area contributed by atoms with Gasteiger partial charge in [0.25, 0.3) is 5.91 Å². The molecule has 3 rings (SSSR count). The molecule has 0 bridgehead atoms. The number of piperidine rings is 1. The van der Waals surface area contributed by atoms with Crippen molar-refractivity contribution in [2.24, 2.45) is 5.92 Å². The zero-order chi connectivity index (χ0) is 16.9. The van der Waals surface area contributed by atoms with Crippen molar-refractivity contribution in [1.29, 1.82) is 0 Å². The number of halogens is 1. The Bertz CT molecular complexity index is 554. The predicted octanol–water partition coefficient (Wildman–Crippen LogP) is 3.94. The lowest BCUT2D eigenvalue weighted by Crippen LogP contribution is -2.48. The minimum Gasteiger partial charge on any atom is -0.334 e. The lowest BCUT2D eigenvalue weighted by atomic mass is 9.98. The third-order valence-electron chi connectivity index (χ3n) is 5.59. The molecule has 2 saturated heterocycles. The van der Waals surface area contributed by atoms with Gasteiger partial charge >= 0.3 is 0 Å². The van der Waals surface area contributed by atoms with Crippen molar-refractivity contribution in [3.63, 3.8) is 0 Å². The Kier molecular flexibility index (Phi) is 5.88. The van der Waals surface area contributed by atoms with E-state index in [0.29, 0.717) is 0 Å². The van der Waals surface area contributed by atoms with E-state index in [1.54, 1.807) is 18.2 Å². The molecule has 0 spiro atoms. The van der Waals surface area contributed by atoms with Gasteiger partial charge in [0.15, 0.2) is 0 Å². The summed E-state index contributed by atoms with van der Waals surface area (Å²) >= 11 is 0. The van der Waals surface area contributed by atoms with Gasteiger partial charge in [0, 0.05) is 19.1 Å². The monoisotopic (exact) mass is 332 g/mol. The summed E-state index contributed by atoms with van der Waals surface area (Å²) in [6, 6.07) is 6.60. The van der Waals surface area contributed by atoms with Crippen LogP contribution in [0, 0.1) is 11.7 Å². The molecule has 0 aliphatic carbocycles. The third-order valence-corrected chi connectivity index (χ3v) is 5.59. The Hall–Kier alpha value is -1.42. The summed E-state index contributed by atoms with van der Waals surface area (Å²) in [6.07, 6.45) is 6.87. The smallest absolute Gasteiger partial charge is 0.257 e. The number of rotatable bonds is 3. The summed E-state index contributed by atoms with van der Waals surface area (Å²) < 4.78 is 14.1. The van der Waals surface area contributed by atoms with Gasteiger partial charge < -0.3 is 9.80 Å². The van der Waals surface area contributed by atoms with Crippen LogP contribution in [0.1, 0.15) is 55.8 Å². The molecule has 0 saturated carbocycles. The highest BCUT2D eigenvalue weighted by Crippen LogP contribution is 2.23. The fourth-order valence-electron chi connectivity index (χ4n) is 3.97. The number of likely N-dealkylation sites (tertiary alicyclic amines) is 2. The Labute approximate surface area is 144 Å². The van der Waals surface area contributed by atoms with Crippen molar-refractivity contribution in [2.45, 2.75) is 51.5 Å². The van der Waals surface area contributed by atoms with Gasteiger partial charge in [-0.15, -0.1) is 0 Å². The first-order chi connectivity index (χ1) is 11.6. The van der Waals surface area contributed by atoms with E-state index in [0.717, 1.165) is 57.8 Å². The molecule has 1 atom stereocenters. The van der Waals surface area contributed by atoms with E-state index in [-0.39, 0.29) is 17.5 Å². The molecule has 2 fully saturated rings. The van der Waals surface area contributed by atoms with E-state index in [2.05, 4.69) is 11.8 Å². The lowest BCUT2D eigenvalue weighted by Gasteiger charge is -2.37. The first kappa shape index (κ1) is 17.4. The van der Waals surface area contributed by atoms with Crippen molar-refractivity contribution in [1.82, 2.24) is 9.80 Å². The fraction of sp³-hybridized carbons (Fsp3) is 0.650. The number of amides is 1. The van der Waals surface area contributed by atoms with E-state index in [1.807, 2.05) is 4.90 Å². The highest BCUT2D eigenvalue weighted by atomic mass is 19.1. The standard InChI is InChI=1S/C20H29FN2O/c1-16-10-13-22(14-11-16)15-17-7-3-2-6-12-23(17)20(24)18-8-4-5-9-19(18)21/h4-5,8-9,16-17H,2-3,6-7,10-15H2,1H3. The number of carbonyl (C=O) groups excluding carboxylic acids is 1. The van der Waals surface area contributed by atoms with Crippen LogP contribution in [0.25, 0.3) is 0 Å². The summed E-state index contributed by atoms with van der Waals surface area (Å²) in [6.45, 7) is 6.25. The van der Waals surface area contributed by atoms with Crippen LogP contribution < -0.4 is 0 Å². The fourth-order valence-corrected chi connectivity index (χ4v) is 3.97. The van der Waals surface area contributed by atoms with Gasteiger partial charge in [-0.1, -0.05) is 31.9 Å². The summed E-state index contributed by atoms with van der Waals surface area (Å²) in [5.41, 5.74) is 0.219. The molecule has 1 aromatic carbocycles. The molecule has 132 valence electrons. The maximum absolute atomic E-state index is 14.1. The molecule has 2 heterocycles. The molecule has 0 aromatic heterocycles. The highest BCUT2D eigenvalue weighted by Gasteiger charge is 2.29. The quantitative estimate of drug-likeness (QED) is 0.837. The Morgan fingerprint density at radius 3 is 2.58 bits per heavy atom. The maximum atomic E-state index is 14.1. The van der Waals surface area contributed by atoms with Crippen LogP contribution in [0.3, 0.4) is 0 Å². The lowest BCUT2D eigenvalue weighted by molar-refractivity contribution is 0.0601. The minimum absolute atomic E-state index is 0.134. The first-order valence-electron chi connectivity index (χ1n) is 9.43. The molecule has 4 heteroatoms. The maximum Gasteiger partial charge on any atom is 0.257 e. The molecule has 0 radical (unpaired) electrons. The topological polar surface area (TPSA) is 23.6 Å². The number of nitrogens with zero attached hydrogens (tertiary/aromatic N) is 2. The molecular weight excluding hydrogens is 303 g/mol. The Morgan fingerprint density at radius 1 is 1.08 bits per heavy atom. The third kappa shape index (κ3) is 4.15. The summed E-state index contributed by atoms with van der Waals surface area (Å²) in [7, 11) is 0. The molecular formula is C20H29FN2O. The van der Waals surface area contributed by atoms with Crippen LogP contribution in [0.5, 0.6) is 0 Å². The number of benzene rings is 1. The molecule has 1 aromatic rings. The molecule has 24 heavy (non-hydrogen) atoms. The highest BCUT2D eigenvalue weighted by molar-refractivity contribution is 5.94. The number of carbonyl (C=O) groups is 1. The van der Waals surface area contributed by atoms with Gasteiger partial charge in [-0.25, -0.2) is 4.39 Å². The van der Waals surface area contributed by atoms with Gasteiger partial charge in [0.2, 0.25) is 0 Å². The molecule has 0 N–H and O–H groups in total. The van der Waals surface area contributed by atoms with Gasteiger partial charge in [-0.2, -0.15) is 0 Å². The van der Waals surface area contributed by atoms with E-state index in [9.17, 15) is 9.18 Å². The zero-order valence-electron chi connectivity index (χ0n) is 14.7. The van der Waals surface area contributed by atoms with Crippen LogP contribution in [0.15, 0.2) is 24.3 Å². The normalized spacial score (nSPS) is 23.9. The van der Waals surface area contributed by atoms with E-state index in [1.165, 1.54) is 18.9 Å². The van der Waals surface area contributed by atoms with Crippen molar-refractivity contribution in [3.8, 4) is 0 Å². The van der Waals surface area contributed by atoms with Gasteiger partial charge in [0.1, 0.15) is 5.82 Å². The average Bonchev–Trinajstić information content (AvgIpc) is 2.82. The van der Waals surface area contributed by atoms with Crippen LogP contribution in [0.4, 0.5) is 4.39 Å². The van der Waals surface area contributed by atoms with Gasteiger partial charge in [-0.05, 0) is 56.8 Å². The van der Waals surface area contributed by atoms with Crippen molar-refractivity contribution in [3.05, 3.63) is 35.6 Å². The van der Waals surface area contributed by atoms with Crippen molar-refractivity contribution < 1.29 is 9.18 Å². The van der Waals surface area contributed by atoms with Crippen LogP contribution in [-0.2, 0) is 0 Å². The molecule has 2 aliphatic rings. The second-order valence-electron chi connectivity index (χ2n) is 7.46. The molecule has 1 unspecified atom stereocenters. The van der Waals surface area contributed by atoms with E-state index < -0.39 is 5.82 Å². The van der Waals surface area contributed by atoms with E-state index >= 15 is 0 Å². The van der Waals surface area contributed by atoms with Crippen molar-refractivity contribution in [2.75, 3.05) is 26.2 Å². The average molecular weight is 332 g/mol. The first-order valence-corrected chi connectivity index (χ1v) is 9.43. The summed E-state index contributed by atoms with van der Waals surface area (Å²) in [5, 5.41) is 0. The SMILES string of the molecule is CC1CCN(CC2CCCCCN2C(=O)c2ccccc2F)CC1. The summed E-state index contributed by atoms with van der Waals surface area (Å²) in [5.74, 6) is 0.272. The van der Waals surface area contributed by atoms with E-state index in [4.69, 9.17) is 0 Å². The molecule has 2 aliphatic heterocycles. The Balaban J connectivity index is 1.72. The Morgan fingerprint density at radius 2 is 1.83 bits per heavy atom. The molecule has 1 amide bonds. The number of hydrogen-bond acceptors (Lipinski definition) is 2. The van der Waals surface area contributed by atoms with Gasteiger partial charge in [0.05, 0.1) is 5.56 Å². The molecule has 3 nitrogen and oxygen atoms in total. The largest absolute Gasteiger partial charge is 0.334 e. The summed E-state index contributed by atoms with van der Waals surface area (Å²) in [4.78, 5) is 17.4. The second kappa shape index (κ2) is 8.11. The zero-order valence-corrected chi connectivity index (χ0v) is 14.7. The number of hydrogen-bond donors (Lipinski definition) is 0.